The number of ether oxygens (including phenoxy) is 1. The summed E-state index contributed by atoms with van der Waals surface area (Å²) in [6, 6.07) is 15.8. The maximum absolute atomic E-state index is 12.2. The van der Waals surface area contributed by atoms with E-state index in [1.54, 1.807) is 42.5 Å². The highest BCUT2D eigenvalue weighted by atomic mass is 16.5. The van der Waals surface area contributed by atoms with Gasteiger partial charge in [-0.05, 0) is 55.3 Å². The van der Waals surface area contributed by atoms with Crippen molar-refractivity contribution in [1.82, 2.24) is 10.6 Å². The highest BCUT2D eigenvalue weighted by Crippen LogP contribution is 2.11. The lowest BCUT2D eigenvalue weighted by atomic mass is 10.1. The lowest BCUT2D eigenvalue weighted by molar-refractivity contribution is -0.123. The normalized spacial score (nSPS) is 11.1. The molecule has 0 saturated heterocycles. The Bertz CT molecular complexity index is 825. The van der Waals surface area contributed by atoms with Crippen molar-refractivity contribution in [1.29, 1.82) is 5.26 Å². The van der Waals surface area contributed by atoms with Gasteiger partial charge in [0, 0.05) is 18.2 Å². The number of hydrogen-bond acceptors (Lipinski definition) is 4. The molecule has 2 aromatic rings. The number of benzene rings is 2. The molecule has 0 aliphatic heterocycles. The average molecular weight is 365 g/mol. The second-order valence-electron chi connectivity index (χ2n) is 6.18. The van der Waals surface area contributed by atoms with Crippen LogP contribution in [0, 0.1) is 11.3 Å². The number of carbonyl (C=O) groups excluding carboxylic acids is 2. The highest BCUT2D eigenvalue weighted by molar-refractivity contribution is 5.94. The third-order valence-electron chi connectivity index (χ3n) is 4.02. The van der Waals surface area contributed by atoms with Crippen LogP contribution >= 0.6 is 0 Å². The van der Waals surface area contributed by atoms with Crippen molar-refractivity contribution in [2.45, 2.75) is 32.9 Å². The number of carbonyl (C=O) groups is 2. The van der Waals surface area contributed by atoms with E-state index in [4.69, 9.17) is 10.00 Å². The lowest BCUT2D eigenvalue weighted by Gasteiger charge is -2.12. The second kappa shape index (κ2) is 9.97. The van der Waals surface area contributed by atoms with E-state index >= 15 is 0 Å². The zero-order chi connectivity index (χ0) is 19.6. The van der Waals surface area contributed by atoms with Crippen molar-refractivity contribution in [3.8, 4) is 11.8 Å². The molecule has 6 nitrogen and oxygen atoms in total. The summed E-state index contributed by atoms with van der Waals surface area (Å²) in [6.45, 7) is 4.15. The van der Waals surface area contributed by atoms with E-state index in [-0.39, 0.29) is 24.5 Å². The molecule has 6 heteroatoms. The van der Waals surface area contributed by atoms with Crippen molar-refractivity contribution in [2.24, 2.45) is 0 Å². The topological polar surface area (TPSA) is 91.2 Å². The molecule has 2 aromatic carbocycles. The summed E-state index contributed by atoms with van der Waals surface area (Å²) in [5, 5.41) is 14.4. The maximum atomic E-state index is 12.2. The number of rotatable bonds is 8. The van der Waals surface area contributed by atoms with E-state index in [0.29, 0.717) is 23.4 Å². The van der Waals surface area contributed by atoms with Gasteiger partial charge in [0.15, 0.2) is 6.61 Å². The smallest absolute Gasteiger partial charge is 0.258 e. The van der Waals surface area contributed by atoms with Gasteiger partial charge >= 0.3 is 0 Å². The van der Waals surface area contributed by atoms with Crippen LogP contribution in [0.5, 0.6) is 5.75 Å². The molecule has 0 spiro atoms. The number of amides is 2. The predicted octanol–water partition coefficient (Wildman–Crippen LogP) is 2.78. The molecule has 0 aliphatic carbocycles. The second-order valence-corrected chi connectivity index (χ2v) is 6.18. The molecule has 2 rings (SSSR count). The van der Waals surface area contributed by atoms with Crippen LogP contribution in [0.15, 0.2) is 48.5 Å². The van der Waals surface area contributed by atoms with E-state index in [1.165, 1.54) is 0 Å². The Morgan fingerprint density at radius 3 is 2.59 bits per heavy atom. The molecular formula is C21H23N3O3. The van der Waals surface area contributed by atoms with Gasteiger partial charge < -0.3 is 15.4 Å². The predicted molar refractivity (Wildman–Crippen MR) is 102 cm³/mol. The zero-order valence-electron chi connectivity index (χ0n) is 15.5. The van der Waals surface area contributed by atoms with Crippen molar-refractivity contribution < 1.29 is 14.3 Å². The summed E-state index contributed by atoms with van der Waals surface area (Å²) in [5.74, 6) is 0.128. The Hall–Kier alpha value is -3.33. The summed E-state index contributed by atoms with van der Waals surface area (Å²) < 4.78 is 5.39. The fraction of sp³-hybridized carbons (Fsp3) is 0.286. The van der Waals surface area contributed by atoms with E-state index < -0.39 is 0 Å². The largest absolute Gasteiger partial charge is 0.484 e. The minimum absolute atomic E-state index is 0.111. The number of nitrogens with one attached hydrogen (secondary N) is 2. The first-order chi connectivity index (χ1) is 13.0. The third-order valence-corrected chi connectivity index (χ3v) is 4.02. The van der Waals surface area contributed by atoms with Gasteiger partial charge in [0.05, 0.1) is 11.6 Å². The maximum Gasteiger partial charge on any atom is 0.258 e. The Kier molecular flexibility index (Phi) is 7.38. The van der Waals surface area contributed by atoms with Crippen molar-refractivity contribution in [2.75, 3.05) is 6.61 Å². The Morgan fingerprint density at radius 2 is 1.93 bits per heavy atom. The fourth-order valence-corrected chi connectivity index (χ4v) is 2.26. The van der Waals surface area contributed by atoms with Gasteiger partial charge in [-0.25, -0.2) is 0 Å². The first kappa shape index (κ1) is 20.0. The van der Waals surface area contributed by atoms with Gasteiger partial charge in [-0.1, -0.05) is 19.1 Å². The summed E-state index contributed by atoms with van der Waals surface area (Å²) >= 11 is 0. The first-order valence-electron chi connectivity index (χ1n) is 8.81. The van der Waals surface area contributed by atoms with Gasteiger partial charge in [0.25, 0.3) is 11.8 Å². The quantitative estimate of drug-likeness (QED) is 0.752. The molecule has 27 heavy (non-hydrogen) atoms. The summed E-state index contributed by atoms with van der Waals surface area (Å²) in [5.41, 5.74) is 1.93. The molecule has 0 bridgehead atoms. The average Bonchev–Trinajstić information content (AvgIpc) is 2.71. The van der Waals surface area contributed by atoms with Gasteiger partial charge in [-0.15, -0.1) is 0 Å². The van der Waals surface area contributed by atoms with Crippen molar-refractivity contribution >= 4 is 11.8 Å². The van der Waals surface area contributed by atoms with E-state index in [2.05, 4.69) is 10.6 Å². The van der Waals surface area contributed by atoms with Crippen LogP contribution in [-0.4, -0.2) is 24.5 Å². The van der Waals surface area contributed by atoms with Crippen molar-refractivity contribution in [3.05, 3.63) is 65.2 Å². The fourth-order valence-electron chi connectivity index (χ4n) is 2.26. The van der Waals surface area contributed by atoms with Crippen LogP contribution in [0.2, 0.25) is 0 Å². The molecule has 2 N–H and O–H groups in total. The van der Waals surface area contributed by atoms with Crippen LogP contribution in [0.4, 0.5) is 0 Å². The van der Waals surface area contributed by atoms with E-state index in [9.17, 15) is 9.59 Å². The molecule has 2 amide bonds. The Morgan fingerprint density at radius 1 is 1.19 bits per heavy atom. The monoisotopic (exact) mass is 365 g/mol. The number of nitrogens with zero attached hydrogens (tertiary/aromatic N) is 1. The van der Waals surface area contributed by atoms with Crippen LogP contribution in [-0.2, 0) is 11.3 Å². The number of hydrogen-bond donors (Lipinski definition) is 2. The van der Waals surface area contributed by atoms with Gasteiger partial charge in [0.2, 0.25) is 0 Å². The molecule has 0 aliphatic rings. The van der Waals surface area contributed by atoms with Crippen LogP contribution < -0.4 is 15.4 Å². The first-order valence-corrected chi connectivity index (χ1v) is 8.81. The highest BCUT2D eigenvalue weighted by Gasteiger charge is 2.09. The van der Waals surface area contributed by atoms with Crippen LogP contribution in [0.25, 0.3) is 0 Å². The summed E-state index contributed by atoms with van der Waals surface area (Å²) in [7, 11) is 0. The SMILES string of the molecule is CCC(C)NC(=O)c1cccc(CNC(=O)COc2ccc(C#N)cc2)c1. The zero-order valence-corrected chi connectivity index (χ0v) is 15.5. The number of nitriles is 1. The molecule has 1 unspecified atom stereocenters. The molecule has 0 radical (unpaired) electrons. The Labute approximate surface area is 159 Å². The van der Waals surface area contributed by atoms with Gasteiger partial charge in [-0.2, -0.15) is 5.26 Å². The summed E-state index contributed by atoms with van der Waals surface area (Å²) in [6.07, 6.45) is 0.862. The van der Waals surface area contributed by atoms with Crippen LogP contribution in [0.1, 0.15) is 41.8 Å². The van der Waals surface area contributed by atoms with Gasteiger partial charge in [0.1, 0.15) is 5.75 Å². The Balaban J connectivity index is 1.83. The lowest BCUT2D eigenvalue weighted by Crippen LogP contribution is -2.32. The molecule has 0 saturated carbocycles. The van der Waals surface area contributed by atoms with E-state index in [0.717, 1.165) is 12.0 Å². The molecule has 0 fully saturated rings. The minimum atomic E-state index is -0.270. The summed E-state index contributed by atoms with van der Waals surface area (Å²) in [4.78, 5) is 24.1. The van der Waals surface area contributed by atoms with Crippen molar-refractivity contribution in [3.63, 3.8) is 0 Å². The molecule has 140 valence electrons. The van der Waals surface area contributed by atoms with Crippen LogP contribution in [0.3, 0.4) is 0 Å². The molecular weight excluding hydrogens is 342 g/mol. The third kappa shape index (κ3) is 6.48. The standard InChI is InChI=1S/C21H23N3O3/c1-3-15(2)24-21(26)18-6-4-5-17(11-18)13-23-20(25)14-27-19-9-7-16(12-22)8-10-19/h4-11,15H,3,13-14H2,1-2H3,(H,23,25)(H,24,26). The minimum Gasteiger partial charge on any atom is -0.484 e. The molecule has 0 aromatic heterocycles. The molecule has 0 heterocycles. The van der Waals surface area contributed by atoms with Gasteiger partial charge in [-0.3, -0.25) is 9.59 Å². The van der Waals surface area contributed by atoms with E-state index in [1.807, 2.05) is 26.0 Å². The molecule has 1 atom stereocenters.